The molecule has 7 nitrogen and oxygen atoms in total. The van der Waals surface area contributed by atoms with Crippen LogP contribution in [-0.4, -0.2) is 61.2 Å². The molecule has 0 saturated carbocycles. The Kier molecular flexibility index (Phi) is 9.84. The molecule has 9 heteroatoms. The molecule has 150 valence electrons. The van der Waals surface area contributed by atoms with Crippen LogP contribution in [0.15, 0.2) is 30.3 Å². The van der Waals surface area contributed by atoms with E-state index in [1.807, 2.05) is 30.3 Å². The lowest BCUT2D eigenvalue weighted by Crippen LogP contribution is -2.14. The van der Waals surface area contributed by atoms with E-state index in [-0.39, 0.29) is 13.2 Å². The van der Waals surface area contributed by atoms with Gasteiger partial charge in [0.05, 0.1) is 0 Å². The van der Waals surface area contributed by atoms with E-state index in [9.17, 15) is 0 Å². The predicted molar refractivity (Wildman–Crippen MR) is 120 cm³/mol. The number of aromatic nitrogens is 3. The number of aliphatic hydroxyl groups is 2. The lowest BCUT2D eigenvalue weighted by Gasteiger charge is -2.11. The molecule has 0 spiro atoms. The standard InChI is InChI=1S/C19H25N5O2S2/c25-12-8-15(27)6-10-20-18-22-17(14-4-2-1-3-5-14)23-19(24-18)21-11-7-16(28)9-13-26/h1-5,25-26H,6-13H2,(H2,20,21,22,23,24). The number of aliphatic hydroxyl groups excluding tert-OH is 2. The second kappa shape index (κ2) is 12.4. The van der Waals surface area contributed by atoms with Crippen LogP contribution in [-0.2, 0) is 0 Å². The van der Waals surface area contributed by atoms with Gasteiger partial charge in [0.15, 0.2) is 5.82 Å². The van der Waals surface area contributed by atoms with Crippen molar-refractivity contribution in [1.82, 2.24) is 15.0 Å². The minimum Gasteiger partial charge on any atom is -0.396 e. The first-order chi connectivity index (χ1) is 13.6. The SMILES string of the molecule is OCCC(=S)CCNc1nc(NCCC(=S)CCO)nc(-c2ccccc2)n1. The Morgan fingerprint density at radius 3 is 1.71 bits per heavy atom. The van der Waals surface area contributed by atoms with E-state index < -0.39 is 0 Å². The van der Waals surface area contributed by atoms with Gasteiger partial charge in [-0.25, -0.2) is 0 Å². The van der Waals surface area contributed by atoms with Gasteiger partial charge in [0, 0.05) is 44.7 Å². The van der Waals surface area contributed by atoms with Crippen LogP contribution in [0.3, 0.4) is 0 Å². The third-order valence-corrected chi connectivity index (χ3v) is 4.64. The Hall–Kier alpha value is -2.07. The lowest BCUT2D eigenvalue weighted by molar-refractivity contribution is 0.307. The monoisotopic (exact) mass is 419 g/mol. The van der Waals surface area contributed by atoms with Crippen molar-refractivity contribution in [2.24, 2.45) is 0 Å². The summed E-state index contributed by atoms with van der Waals surface area (Å²) in [7, 11) is 0. The number of anilines is 2. The first-order valence-corrected chi connectivity index (χ1v) is 9.98. The molecular weight excluding hydrogens is 394 g/mol. The zero-order valence-corrected chi connectivity index (χ0v) is 17.2. The summed E-state index contributed by atoms with van der Waals surface area (Å²) < 4.78 is 0. The largest absolute Gasteiger partial charge is 0.396 e. The summed E-state index contributed by atoms with van der Waals surface area (Å²) in [5.74, 6) is 1.48. The van der Waals surface area contributed by atoms with E-state index in [1.54, 1.807) is 0 Å². The molecule has 2 aromatic rings. The van der Waals surface area contributed by atoms with Gasteiger partial charge in [0.25, 0.3) is 0 Å². The Bertz CT molecular complexity index is 732. The van der Waals surface area contributed by atoms with Crippen LogP contribution in [0.2, 0.25) is 0 Å². The van der Waals surface area contributed by atoms with E-state index in [2.05, 4.69) is 25.6 Å². The quantitative estimate of drug-likeness (QED) is 0.365. The van der Waals surface area contributed by atoms with Crippen LogP contribution < -0.4 is 10.6 Å². The van der Waals surface area contributed by atoms with Gasteiger partial charge >= 0.3 is 0 Å². The summed E-state index contributed by atoms with van der Waals surface area (Å²) in [6.45, 7) is 1.29. The van der Waals surface area contributed by atoms with E-state index in [0.717, 1.165) is 15.3 Å². The smallest absolute Gasteiger partial charge is 0.228 e. The molecule has 0 amide bonds. The molecule has 0 bridgehead atoms. The maximum Gasteiger partial charge on any atom is 0.228 e. The van der Waals surface area contributed by atoms with Crippen LogP contribution >= 0.6 is 24.4 Å². The van der Waals surface area contributed by atoms with E-state index >= 15 is 0 Å². The van der Waals surface area contributed by atoms with Gasteiger partial charge in [-0.3, -0.25) is 0 Å². The topological polar surface area (TPSA) is 103 Å². The molecule has 0 aliphatic rings. The van der Waals surface area contributed by atoms with Gasteiger partial charge < -0.3 is 20.8 Å². The van der Waals surface area contributed by atoms with Crippen molar-refractivity contribution in [2.75, 3.05) is 36.9 Å². The molecule has 0 saturated heterocycles. The minimum absolute atomic E-state index is 0.0644. The minimum atomic E-state index is 0.0644. The number of benzene rings is 1. The molecule has 1 aromatic heterocycles. The average molecular weight is 420 g/mol. The van der Waals surface area contributed by atoms with Gasteiger partial charge in [-0.05, 0) is 22.6 Å². The molecule has 0 radical (unpaired) electrons. The molecular formula is C19H25N5O2S2. The highest BCUT2D eigenvalue weighted by Gasteiger charge is 2.09. The number of nitrogens with zero attached hydrogens (tertiary/aromatic N) is 3. The van der Waals surface area contributed by atoms with E-state index in [0.29, 0.717) is 56.5 Å². The molecule has 2 rings (SSSR count). The van der Waals surface area contributed by atoms with Crippen molar-refractivity contribution in [3.05, 3.63) is 30.3 Å². The number of nitrogens with one attached hydrogen (secondary N) is 2. The van der Waals surface area contributed by atoms with E-state index in [1.165, 1.54) is 0 Å². The van der Waals surface area contributed by atoms with E-state index in [4.69, 9.17) is 34.6 Å². The zero-order chi connectivity index (χ0) is 20.2. The second-order valence-corrected chi connectivity index (χ2v) is 7.21. The maximum atomic E-state index is 8.93. The Morgan fingerprint density at radius 2 is 1.25 bits per heavy atom. The average Bonchev–Trinajstić information content (AvgIpc) is 2.69. The van der Waals surface area contributed by atoms with Gasteiger partial charge in [0.1, 0.15) is 0 Å². The highest BCUT2D eigenvalue weighted by atomic mass is 32.1. The summed E-state index contributed by atoms with van der Waals surface area (Å²) in [4.78, 5) is 15.0. The molecule has 1 aromatic carbocycles. The fourth-order valence-corrected chi connectivity index (χ4v) is 2.76. The van der Waals surface area contributed by atoms with Gasteiger partial charge in [-0.2, -0.15) is 15.0 Å². The van der Waals surface area contributed by atoms with Crippen molar-refractivity contribution in [3.63, 3.8) is 0 Å². The Balaban J connectivity index is 2.07. The van der Waals surface area contributed by atoms with Crippen LogP contribution in [0.5, 0.6) is 0 Å². The summed E-state index contributed by atoms with van der Waals surface area (Å²) in [5, 5.41) is 24.2. The maximum absolute atomic E-state index is 8.93. The number of hydrogen-bond acceptors (Lipinski definition) is 9. The van der Waals surface area contributed by atoms with Crippen LogP contribution in [0.25, 0.3) is 11.4 Å². The fourth-order valence-electron chi connectivity index (χ4n) is 2.38. The Labute approximate surface area is 175 Å². The summed E-state index contributed by atoms with van der Waals surface area (Å²) in [6, 6.07) is 9.68. The van der Waals surface area contributed by atoms with Gasteiger partial charge in [0.2, 0.25) is 11.9 Å². The fraction of sp³-hybridized carbons (Fsp3) is 0.421. The number of rotatable bonds is 13. The van der Waals surface area contributed by atoms with Crippen molar-refractivity contribution in [1.29, 1.82) is 0 Å². The molecule has 28 heavy (non-hydrogen) atoms. The van der Waals surface area contributed by atoms with Crippen molar-refractivity contribution >= 4 is 46.1 Å². The lowest BCUT2D eigenvalue weighted by atomic mass is 10.2. The molecule has 0 unspecified atom stereocenters. The summed E-state index contributed by atoms with van der Waals surface area (Å²) in [5.41, 5.74) is 0.891. The van der Waals surface area contributed by atoms with Crippen molar-refractivity contribution in [3.8, 4) is 11.4 Å². The summed E-state index contributed by atoms with van der Waals surface area (Å²) in [6.07, 6.45) is 2.34. The third-order valence-electron chi connectivity index (χ3n) is 3.82. The molecule has 0 fully saturated rings. The molecule has 0 aliphatic carbocycles. The first kappa shape index (κ1) is 22.2. The second-order valence-electron chi connectivity index (χ2n) is 6.05. The van der Waals surface area contributed by atoms with Crippen molar-refractivity contribution < 1.29 is 10.2 Å². The molecule has 1 heterocycles. The predicted octanol–water partition coefficient (Wildman–Crippen LogP) is 2.65. The number of thiocarbonyl (C=S) groups is 2. The molecule has 4 N–H and O–H groups in total. The molecule has 0 aliphatic heterocycles. The van der Waals surface area contributed by atoms with Gasteiger partial charge in [-0.1, -0.05) is 54.8 Å². The molecule has 0 atom stereocenters. The first-order valence-electron chi connectivity index (χ1n) is 9.16. The van der Waals surface area contributed by atoms with Crippen LogP contribution in [0.4, 0.5) is 11.9 Å². The normalized spacial score (nSPS) is 10.5. The van der Waals surface area contributed by atoms with Crippen molar-refractivity contribution in [2.45, 2.75) is 25.7 Å². The highest BCUT2D eigenvalue weighted by molar-refractivity contribution is 7.80. The third kappa shape index (κ3) is 7.89. The Morgan fingerprint density at radius 1 is 0.750 bits per heavy atom. The number of hydrogen-bond donors (Lipinski definition) is 4. The highest BCUT2D eigenvalue weighted by Crippen LogP contribution is 2.17. The summed E-state index contributed by atoms with van der Waals surface area (Å²) >= 11 is 10.4. The van der Waals surface area contributed by atoms with Crippen LogP contribution in [0, 0.1) is 0 Å². The zero-order valence-electron chi connectivity index (χ0n) is 15.6. The van der Waals surface area contributed by atoms with Gasteiger partial charge in [-0.15, -0.1) is 0 Å². The van der Waals surface area contributed by atoms with Crippen LogP contribution in [0.1, 0.15) is 25.7 Å².